The molecule has 24 heavy (non-hydrogen) atoms. The first kappa shape index (κ1) is 18.9. The van der Waals surface area contributed by atoms with Crippen LogP contribution >= 0.6 is 23.7 Å². The molecule has 130 valence electrons. The summed E-state index contributed by atoms with van der Waals surface area (Å²) in [5.41, 5.74) is 9.04. The molecule has 0 radical (unpaired) electrons. The zero-order valence-electron chi connectivity index (χ0n) is 14.3. The second kappa shape index (κ2) is 7.21. The summed E-state index contributed by atoms with van der Waals surface area (Å²) in [6.07, 6.45) is 2.74. The maximum atomic E-state index is 12.4. The number of hydrogen-bond donors (Lipinski definition) is 2. The van der Waals surface area contributed by atoms with Gasteiger partial charge in [0.1, 0.15) is 0 Å². The van der Waals surface area contributed by atoms with E-state index >= 15 is 0 Å². The molecule has 3 N–H and O–H groups in total. The van der Waals surface area contributed by atoms with Crippen LogP contribution in [0.4, 0.5) is 5.13 Å². The van der Waals surface area contributed by atoms with E-state index in [1.807, 2.05) is 24.3 Å². The van der Waals surface area contributed by atoms with Crippen molar-refractivity contribution in [3.8, 4) is 0 Å². The Kier molecular flexibility index (Phi) is 5.68. The van der Waals surface area contributed by atoms with E-state index in [1.165, 1.54) is 10.4 Å². The van der Waals surface area contributed by atoms with Crippen molar-refractivity contribution in [2.24, 2.45) is 5.73 Å². The molecule has 0 fully saturated rings. The average molecular weight is 366 g/mol. The van der Waals surface area contributed by atoms with Gasteiger partial charge in [-0.25, -0.2) is 4.98 Å². The molecule has 1 aromatic carbocycles. The molecule has 2 aromatic rings. The lowest BCUT2D eigenvalue weighted by molar-refractivity contribution is 0.102. The number of nitrogens with two attached hydrogens (primary N) is 1. The van der Waals surface area contributed by atoms with Gasteiger partial charge in [0.15, 0.2) is 5.13 Å². The molecule has 1 aliphatic rings. The number of anilines is 1. The molecular formula is C18H24ClN3OS. The molecule has 1 amide bonds. The number of halogens is 1. The first-order valence-corrected chi connectivity index (χ1v) is 8.80. The van der Waals surface area contributed by atoms with Crippen molar-refractivity contribution in [1.82, 2.24) is 4.98 Å². The van der Waals surface area contributed by atoms with Crippen LogP contribution in [-0.2, 0) is 18.3 Å². The Labute approximate surface area is 153 Å². The van der Waals surface area contributed by atoms with Gasteiger partial charge in [0.25, 0.3) is 5.91 Å². The number of hydrogen-bond acceptors (Lipinski definition) is 4. The highest BCUT2D eigenvalue weighted by Gasteiger charge is 2.21. The molecule has 4 nitrogen and oxygen atoms in total. The van der Waals surface area contributed by atoms with Crippen molar-refractivity contribution in [3.63, 3.8) is 0 Å². The van der Waals surface area contributed by atoms with E-state index in [0.717, 1.165) is 25.0 Å². The fourth-order valence-electron chi connectivity index (χ4n) is 2.74. The van der Waals surface area contributed by atoms with Gasteiger partial charge in [-0.05, 0) is 42.4 Å². The predicted molar refractivity (Wildman–Crippen MR) is 102 cm³/mol. The number of aryl methyl sites for hydroxylation is 1. The molecular weight excluding hydrogens is 342 g/mol. The van der Waals surface area contributed by atoms with Gasteiger partial charge in [-0.1, -0.05) is 32.9 Å². The van der Waals surface area contributed by atoms with Gasteiger partial charge < -0.3 is 5.73 Å². The first-order chi connectivity index (χ1) is 10.8. The zero-order valence-corrected chi connectivity index (χ0v) is 15.9. The molecule has 1 aliphatic carbocycles. The van der Waals surface area contributed by atoms with Crippen molar-refractivity contribution >= 4 is 34.8 Å². The van der Waals surface area contributed by atoms with Gasteiger partial charge in [-0.2, -0.15) is 0 Å². The summed E-state index contributed by atoms with van der Waals surface area (Å²) in [5.74, 6) is -0.110. The lowest BCUT2D eigenvalue weighted by Crippen LogP contribution is -2.27. The van der Waals surface area contributed by atoms with Gasteiger partial charge in [0.2, 0.25) is 0 Å². The van der Waals surface area contributed by atoms with Gasteiger partial charge in [-0.15, -0.1) is 23.7 Å². The molecule has 0 bridgehead atoms. The molecule has 0 unspecified atom stereocenters. The maximum Gasteiger partial charge on any atom is 0.257 e. The van der Waals surface area contributed by atoms with Crippen LogP contribution in [0.5, 0.6) is 0 Å². The van der Waals surface area contributed by atoms with Crippen LogP contribution in [0.25, 0.3) is 0 Å². The van der Waals surface area contributed by atoms with Crippen LogP contribution in [0.3, 0.4) is 0 Å². The molecule has 0 aliphatic heterocycles. The number of carbonyl (C=O) groups is 1. The molecule has 0 saturated heterocycles. The van der Waals surface area contributed by atoms with E-state index < -0.39 is 0 Å². The van der Waals surface area contributed by atoms with E-state index in [4.69, 9.17) is 5.73 Å². The van der Waals surface area contributed by atoms with E-state index in [9.17, 15) is 4.79 Å². The number of nitrogens with zero attached hydrogens (tertiary/aromatic N) is 1. The number of carbonyl (C=O) groups excluding carboxylic acids is 1. The van der Waals surface area contributed by atoms with Crippen LogP contribution in [0.15, 0.2) is 24.3 Å². The highest BCUT2D eigenvalue weighted by atomic mass is 35.5. The van der Waals surface area contributed by atoms with Gasteiger partial charge in [-0.3, -0.25) is 10.1 Å². The van der Waals surface area contributed by atoms with E-state index in [-0.39, 0.29) is 29.8 Å². The topological polar surface area (TPSA) is 68.0 Å². The van der Waals surface area contributed by atoms with E-state index in [0.29, 0.717) is 10.7 Å². The van der Waals surface area contributed by atoms with Crippen molar-refractivity contribution in [2.75, 3.05) is 5.32 Å². The SMILES string of the molecule is CC(C)(C)c1ccc(C(=O)Nc2nc3c(s2)C[C@@H](N)CC3)cc1.Cl. The minimum absolute atomic E-state index is 0. The Hall–Kier alpha value is -1.43. The third-order valence-electron chi connectivity index (χ3n) is 4.21. The second-order valence-electron chi connectivity index (χ2n) is 7.17. The van der Waals surface area contributed by atoms with E-state index in [2.05, 4.69) is 31.1 Å². The van der Waals surface area contributed by atoms with Crippen molar-refractivity contribution < 1.29 is 4.79 Å². The number of rotatable bonds is 2. The lowest BCUT2D eigenvalue weighted by Gasteiger charge is -2.18. The molecule has 0 saturated carbocycles. The first-order valence-electron chi connectivity index (χ1n) is 7.99. The summed E-state index contributed by atoms with van der Waals surface area (Å²) < 4.78 is 0. The maximum absolute atomic E-state index is 12.4. The summed E-state index contributed by atoms with van der Waals surface area (Å²) in [4.78, 5) is 18.1. The average Bonchev–Trinajstić information content (AvgIpc) is 2.87. The Morgan fingerprint density at radius 2 is 1.96 bits per heavy atom. The smallest absolute Gasteiger partial charge is 0.257 e. The van der Waals surface area contributed by atoms with Crippen molar-refractivity contribution in [2.45, 2.75) is 51.5 Å². The highest BCUT2D eigenvalue weighted by molar-refractivity contribution is 7.15. The third-order valence-corrected chi connectivity index (χ3v) is 5.25. The zero-order chi connectivity index (χ0) is 16.6. The predicted octanol–water partition coefficient (Wildman–Crippen LogP) is 3.93. The molecule has 1 atom stereocenters. The Bertz CT molecular complexity index is 719. The number of fused-ring (bicyclic) bond motifs is 1. The van der Waals surface area contributed by atoms with Crippen LogP contribution < -0.4 is 11.1 Å². The van der Waals surface area contributed by atoms with Gasteiger partial charge >= 0.3 is 0 Å². The lowest BCUT2D eigenvalue weighted by atomic mass is 9.87. The minimum atomic E-state index is -0.110. The fourth-order valence-corrected chi connectivity index (χ4v) is 3.84. The van der Waals surface area contributed by atoms with Crippen LogP contribution in [0.2, 0.25) is 0 Å². The number of thiazole rings is 1. The van der Waals surface area contributed by atoms with E-state index in [1.54, 1.807) is 11.3 Å². The Morgan fingerprint density at radius 3 is 2.58 bits per heavy atom. The monoisotopic (exact) mass is 365 g/mol. The standard InChI is InChI=1S/C18H23N3OS.ClH/c1-18(2,3)12-6-4-11(5-7-12)16(22)21-17-20-14-9-8-13(19)10-15(14)23-17;/h4-7,13H,8-10,19H2,1-3H3,(H,20,21,22);1H/t13-;/m0./s1. The Morgan fingerprint density at radius 1 is 1.29 bits per heavy atom. The third kappa shape index (κ3) is 4.15. The molecule has 3 rings (SSSR count). The van der Waals surface area contributed by atoms with Crippen molar-refractivity contribution in [1.29, 1.82) is 0 Å². The number of aromatic nitrogens is 1. The van der Waals surface area contributed by atoms with Crippen LogP contribution in [0.1, 0.15) is 53.7 Å². The normalized spacial score (nSPS) is 16.9. The quantitative estimate of drug-likeness (QED) is 0.847. The Balaban J connectivity index is 0.00000208. The van der Waals surface area contributed by atoms with Crippen LogP contribution in [0, 0.1) is 0 Å². The second-order valence-corrected chi connectivity index (χ2v) is 8.26. The summed E-state index contributed by atoms with van der Waals surface area (Å²) in [7, 11) is 0. The van der Waals surface area contributed by atoms with Crippen LogP contribution in [-0.4, -0.2) is 16.9 Å². The molecule has 1 heterocycles. The highest BCUT2D eigenvalue weighted by Crippen LogP contribution is 2.29. The van der Waals surface area contributed by atoms with Crippen molar-refractivity contribution in [3.05, 3.63) is 46.0 Å². The summed E-state index contributed by atoms with van der Waals surface area (Å²) in [6, 6.07) is 8.00. The number of amides is 1. The molecule has 6 heteroatoms. The minimum Gasteiger partial charge on any atom is -0.327 e. The number of nitrogens with one attached hydrogen (secondary N) is 1. The largest absolute Gasteiger partial charge is 0.327 e. The van der Waals surface area contributed by atoms with Gasteiger partial charge in [0.05, 0.1) is 5.69 Å². The molecule has 0 spiro atoms. The fraction of sp³-hybridized carbons (Fsp3) is 0.444. The number of benzene rings is 1. The molecule has 1 aromatic heterocycles. The summed E-state index contributed by atoms with van der Waals surface area (Å²) in [5, 5.41) is 3.59. The summed E-state index contributed by atoms with van der Waals surface area (Å²) in [6.45, 7) is 6.48. The van der Waals surface area contributed by atoms with Gasteiger partial charge in [0, 0.05) is 16.5 Å². The summed E-state index contributed by atoms with van der Waals surface area (Å²) >= 11 is 1.55.